The number of hydrogen-bond donors (Lipinski definition) is 1. The van der Waals surface area contributed by atoms with Gasteiger partial charge in [0.05, 0.1) is 5.25 Å². The molecule has 1 fully saturated rings. The lowest BCUT2D eigenvalue weighted by molar-refractivity contribution is 0.651. The molecule has 0 aromatic carbocycles. The van der Waals surface area contributed by atoms with Crippen LogP contribution in [0, 0.1) is 0 Å². The van der Waals surface area contributed by atoms with E-state index < -0.39 is 0 Å². The lowest BCUT2D eigenvalue weighted by Crippen LogP contribution is -2.21. The van der Waals surface area contributed by atoms with Gasteiger partial charge < -0.3 is 5.32 Å². The molecule has 1 N–H and O–H groups in total. The van der Waals surface area contributed by atoms with E-state index in [-0.39, 0.29) is 0 Å². The number of aromatic nitrogens is 2. The molecule has 3 nitrogen and oxygen atoms in total. The molecule has 0 spiro atoms. The van der Waals surface area contributed by atoms with Crippen molar-refractivity contribution < 1.29 is 0 Å². The maximum atomic E-state index is 4.97. The third kappa shape index (κ3) is 3.50. The van der Waals surface area contributed by atoms with Gasteiger partial charge in [-0.25, -0.2) is 9.97 Å². The Morgan fingerprint density at radius 1 is 1.14 bits per heavy atom. The second kappa shape index (κ2) is 7.23. The van der Waals surface area contributed by atoms with Crippen LogP contribution in [-0.4, -0.2) is 33.3 Å². The smallest absolute Gasteiger partial charge is 0.145 e. The van der Waals surface area contributed by atoms with E-state index in [2.05, 4.69) is 30.9 Å². The molecule has 0 radical (unpaired) electrons. The lowest BCUT2D eigenvalue weighted by Gasteiger charge is -2.28. The Labute approximate surface area is 136 Å². The van der Waals surface area contributed by atoms with Crippen molar-refractivity contribution in [1.29, 1.82) is 0 Å². The second-order valence-electron chi connectivity index (χ2n) is 5.86. The van der Waals surface area contributed by atoms with Gasteiger partial charge in [-0.2, -0.15) is 11.8 Å². The molecule has 2 aliphatic rings. The van der Waals surface area contributed by atoms with Crippen molar-refractivity contribution in [1.82, 2.24) is 9.97 Å². The molecule has 2 unspecified atom stereocenters. The average molecular weight is 324 g/mol. The maximum Gasteiger partial charge on any atom is 0.145 e. The van der Waals surface area contributed by atoms with Crippen LogP contribution >= 0.6 is 23.5 Å². The third-order valence-corrected chi connectivity index (χ3v) is 7.27. The summed E-state index contributed by atoms with van der Waals surface area (Å²) in [5, 5.41) is 4.62. The van der Waals surface area contributed by atoms with Gasteiger partial charge in [0.1, 0.15) is 11.6 Å². The van der Waals surface area contributed by atoms with Crippen molar-refractivity contribution in [3.05, 3.63) is 17.1 Å². The zero-order valence-electron chi connectivity index (χ0n) is 13.0. The summed E-state index contributed by atoms with van der Waals surface area (Å²) < 4.78 is 0. The van der Waals surface area contributed by atoms with Crippen molar-refractivity contribution in [3.8, 4) is 0 Å². The lowest BCUT2D eigenvalue weighted by atomic mass is 9.96. The first-order chi connectivity index (χ1) is 10.3. The fraction of sp³-hybridized carbons (Fsp3) is 0.750. The van der Waals surface area contributed by atoms with E-state index in [1.54, 1.807) is 0 Å². The molecule has 1 aliphatic heterocycles. The van der Waals surface area contributed by atoms with Crippen molar-refractivity contribution in [2.75, 3.05) is 23.4 Å². The molecule has 2 heterocycles. The minimum atomic E-state index is 0.457. The highest BCUT2D eigenvalue weighted by molar-refractivity contribution is 8.06. The molecule has 21 heavy (non-hydrogen) atoms. The van der Waals surface area contributed by atoms with Gasteiger partial charge in [-0.1, -0.05) is 13.8 Å². The Hall–Kier alpha value is -0.420. The summed E-state index contributed by atoms with van der Waals surface area (Å²) >= 11 is 4.09. The number of hydrogen-bond acceptors (Lipinski definition) is 5. The number of fused-ring (bicyclic) bond motifs is 1. The van der Waals surface area contributed by atoms with Crippen LogP contribution in [0.1, 0.15) is 55.4 Å². The normalized spacial score (nSPS) is 25.4. The topological polar surface area (TPSA) is 37.8 Å². The summed E-state index contributed by atoms with van der Waals surface area (Å²) in [4.78, 5) is 9.91. The summed E-state index contributed by atoms with van der Waals surface area (Å²) in [5.41, 5.74) is 2.70. The highest BCUT2D eigenvalue weighted by Crippen LogP contribution is 2.42. The molecule has 1 saturated heterocycles. The first kappa shape index (κ1) is 15.5. The SMILES string of the molecule is CCCNc1nc(C2SCCSC2C)nc2c1CCCC2. The van der Waals surface area contributed by atoms with Gasteiger partial charge in [0.2, 0.25) is 0 Å². The van der Waals surface area contributed by atoms with Gasteiger partial charge in [0.25, 0.3) is 0 Å². The molecular formula is C16H25N3S2. The Morgan fingerprint density at radius 2 is 1.95 bits per heavy atom. The quantitative estimate of drug-likeness (QED) is 0.903. The molecule has 2 atom stereocenters. The standard InChI is InChI=1S/C16H25N3S2/c1-3-8-17-15-12-6-4-5-7-13(12)18-16(19-15)14-11(2)20-9-10-21-14/h11,14H,3-10H2,1-2H3,(H,17,18,19). The van der Waals surface area contributed by atoms with E-state index in [4.69, 9.17) is 9.97 Å². The number of aryl methyl sites for hydroxylation is 1. The van der Waals surface area contributed by atoms with E-state index in [1.165, 1.54) is 35.6 Å². The van der Waals surface area contributed by atoms with Crippen molar-refractivity contribution in [2.24, 2.45) is 0 Å². The molecule has 3 rings (SSSR count). The molecule has 0 amide bonds. The Bertz CT molecular complexity index is 493. The predicted molar refractivity (Wildman–Crippen MR) is 94.6 cm³/mol. The van der Waals surface area contributed by atoms with Crippen LogP contribution < -0.4 is 5.32 Å². The minimum Gasteiger partial charge on any atom is -0.370 e. The molecular weight excluding hydrogens is 298 g/mol. The van der Waals surface area contributed by atoms with Crippen LogP contribution in [0.2, 0.25) is 0 Å². The first-order valence-electron chi connectivity index (χ1n) is 8.16. The number of rotatable bonds is 4. The summed E-state index contributed by atoms with van der Waals surface area (Å²) in [6.07, 6.45) is 5.96. The van der Waals surface area contributed by atoms with Gasteiger partial charge in [0, 0.05) is 34.6 Å². The van der Waals surface area contributed by atoms with Gasteiger partial charge in [-0.05, 0) is 32.1 Å². The highest BCUT2D eigenvalue weighted by Gasteiger charge is 2.28. The van der Waals surface area contributed by atoms with Crippen LogP contribution in [0.5, 0.6) is 0 Å². The molecule has 5 heteroatoms. The second-order valence-corrected chi connectivity index (χ2v) is 8.59. The Morgan fingerprint density at radius 3 is 2.76 bits per heavy atom. The third-order valence-electron chi connectivity index (χ3n) is 4.19. The summed E-state index contributed by atoms with van der Waals surface area (Å²) in [6.45, 7) is 5.53. The van der Waals surface area contributed by atoms with E-state index in [0.29, 0.717) is 10.5 Å². The Kier molecular flexibility index (Phi) is 5.33. The average Bonchev–Trinajstić information content (AvgIpc) is 2.53. The molecule has 116 valence electrons. The Balaban J connectivity index is 1.92. The predicted octanol–water partition coefficient (Wildman–Crippen LogP) is 4.09. The minimum absolute atomic E-state index is 0.457. The van der Waals surface area contributed by atoms with Gasteiger partial charge in [0.15, 0.2) is 0 Å². The van der Waals surface area contributed by atoms with Crippen LogP contribution in [-0.2, 0) is 12.8 Å². The van der Waals surface area contributed by atoms with Crippen LogP contribution in [0.15, 0.2) is 0 Å². The van der Waals surface area contributed by atoms with Gasteiger partial charge in [-0.3, -0.25) is 0 Å². The molecule has 1 aliphatic carbocycles. The zero-order chi connectivity index (χ0) is 14.7. The monoisotopic (exact) mass is 323 g/mol. The maximum absolute atomic E-state index is 4.97. The van der Waals surface area contributed by atoms with Crippen molar-refractivity contribution in [3.63, 3.8) is 0 Å². The molecule has 1 aromatic heterocycles. The van der Waals surface area contributed by atoms with E-state index in [0.717, 1.165) is 37.4 Å². The van der Waals surface area contributed by atoms with E-state index in [9.17, 15) is 0 Å². The zero-order valence-corrected chi connectivity index (χ0v) is 14.7. The first-order valence-corrected chi connectivity index (χ1v) is 10.3. The molecule has 0 saturated carbocycles. The van der Waals surface area contributed by atoms with Crippen molar-refractivity contribution >= 4 is 29.3 Å². The fourth-order valence-corrected chi connectivity index (χ4v) is 5.74. The molecule has 1 aromatic rings. The van der Waals surface area contributed by atoms with E-state index >= 15 is 0 Å². The highest BCUT2D eigenvalue weighted by atomic mass is 32.2. The van der Waals surface area contributed by atoms with Crippen molar-refractivity contribution in [2.45, 2.75) is 56.5 Å². The number of nitrogens with zero attached hydrogens (tertiary/aromatic N) is 2. The summed E-state index contributed by atoms with van der Waals surface area (Å²) in [6, 6.07) is 0. The van der Waals surface area contributed by atoms with Crippen LogP contribution in [0.3, 0.4) is 0 Å². The number of nitrogens with one attached hydrogen (secondary N) is 1. The van der Waals surface area contributed by atoms with Crippen LogP contribution in [0.25, 0.3) is 0 Å². The van der Waals surface area contributed by atoms with Gasteiger partial charge >= 0.3 is 0 Å². The largest absolute Gasteiger partial charge is 0.370 e. The fourth-order valence-electron chi connectivity index (χ4n) is 3.05. The summed E-state index contributed by atoms with van der Waals surface area (Å²) in [7, 11) is 0. The number of thioether (sulfide) groups is 2. The molecule has 0 bridgehead atoms. The number of anilines is 1. The van der Waals surface area contributed by atoms with E-state index in [1.807, 2.05) is 11.8 Å². The van der Waals surface area contributed by atoms with Gasteiger partial charge in [-0.15, -0.1) is 11.8 Å². The van der Waals surface area contributed by atoms with Crippen LogP contribution in [0.4, 0.5) is 5.82 Å². The summed E-state index contributed by atoms with van der Waals surface area (Å²) in [5.74, 6) is 4.67.